The molecule has 1 unspecified atom stereocenters. The van der Waals surface area contributed by atoms with Crippen LogP contribution in [-0.2, 0) is 0 Å². The zero-order chi connectivity index (χ0) is 13.9. The van der Waals surface area contributed by atoms with Gasteiger partial charge in [0.25, 0.3) is 0 Å². The summed E-state index contributed by atoms with van der Waals surface area (Å²) in [5, 5.41) is 5.29. The van der Waals surface area contributed by atoms with Gasteiger partial charge < -0.3 is 5.32 Å². The van der Waals surface area contributed by atoms with E-state index in [-0.39, 0.29) is 0 Å². The van der Waals surface area contributed by atoms with Crippen LogP contribution in [0.3, 0.4) is 0 Å². The van der Waals surface area contributed by atoms with Crippen molar-refractivity contribution in [2.75, 3.05) is 5.32 Å². The number of nitrogens with one attached hydrogen (secondary N) is 1. The smallest absolute Gasteiger partial charge is 0.0459 e. The van der Waals surface area contributed by atoms with Crippen molar-refractivity contribution in [1.82, 2.24) is 0 Å². The summed E-state index contributed by atoms with van der Waals surface area (Å²) >= 11 is 0. The standard InChI is InChI=1S/C17H22NP/c1-13-9-5-6-10-14(13)18-15-11-7-8-12-16(15)19-17(2,3)4/h5-12,18-19H,1-4H3. The molecule has 0 heterocycles. The van der Waals surface area contributed by atoms with E-state index >= 15 is 0 Å². The molecule has 0 aromatic heterocycles. The van der Waals surface area contributed by atoms with Crippen molar-refractivity contribution in [2.45, 2.75) is 32.9 Å². The van der Waals surface area contributed by atoms with E-state index in [0.29, 0.717) is 5.16 Å². The van der Waals surface area contributed by atoms with Crippen molar-refractivity contribution in [3.63, 3.8) is 0 Å². The summed E-state index contributed by atoms with van der Waals surface area (Å²) in [7, 11) is 0.799. The van der Waals surface area contributed by atoms with Crippen LogP contribution >= 0.6 is 8.58 Å². The Morgan fingerprint density at radius 3 is 2.05 bits per heavy atom. The van der Waals surface area contributed by atoms with Crippen molar-refractivity contribution in [3.05, 3.63) is 54.1 Å². The molecule has 1 nitrogen and oxygen atoms in total. The summed E-state index contributed by atoms with van der Waals surface area (Å²) in [6.45, 7) is 9.00. The molecule has 100 valence electrons. The van der Waals surface area contributed by atoms with Gasteiger partial charge in [-0.15, -0.1) is 0 Å². The second-order valence-corrected chi connectivity index (χ2v) is 8.15. The summed E-state index contributed by atoms with van der Waals surface area (Å²) in [5.41, 5.74) is 3.69. The molecule has 2 heteroatoms. The van der Waals surface area contributed by atoms with Crippen LogP contribution in [-0.4, -0.2) is 5.16 Å². The van der Waals surface area contributed by atoms with Crippen LogP contribution in [0.25, 0.3) is 0 Å². The highest BCUT2D eigenvalue weighted by Crippen LogP contribution is 2.33. The number of hydrogen-bond acceptors (Lipinski definition) is 1. The van der Waals surface area contributed by atoms with Crippen LogP contribution in [0.1, 0.15) is 26.3 Å². The van der Waals surface area contributed by atoms with Gasteiger partial charge >= 0.3 is 0 Å². The molecule has 0 bridgehead atoms. The molecule has 0 spiro atoms. The summed E-state index contributed by atoms with van der Waals surface area (Å²) < 4.78 is 0. The fourth-order valence-electron chi connectivity index (χ4n) is 1.96. The third kappa shape index (κ3) is 4.08. The van der Waals surface area contributed by atoms with E-state index in [4.69, 9.17) is 0 Å². The highest BCUT2D eigenvalue weighted by molar-refractivity contribution is 7.49. The van der Waals surface area contributed by atoms with E-state index in [1.165, 1.54) is 22.2 Å². The lowest BCUT2D eigenvalue weighted by molar-refractivity contribution is 0.799. The molecule has 0 saturated heterocycles. The van der Waals surface area contributed by atoms with E-state index in [1.54, 1.807) is 0 Å². The lowest BCUT2D eigenvalue weighted by Crippen LogP contribution is -2.14. The third-order valence-corrected chi connectivity index (χ3v) is 4.31. The first-order valence-corrected chi connectivity index (χ1v) is 7.65. The predicted molar refractivity (Wildman–Crippen MR) is 88.6 cm³/mol. The molecule has 2 rings (SSSR count). The van der Waals surface area contributed by atoms with E-state index < -0.39 is 0 Å². The van der Waals surface area contributed by atoms with Crippen molar-refractivity contribution in [3.8, 4) is 0 Å². The van der Waals surface area contributed by atoms with E-state index in [0.717, 1.165) is 8.58 Å². The first-order chi connectivity index (χ1) is 8.96. The van der Waals surface area contributed by atoms with Crippen LogP contribution in [0.2, 0.25) is 0 Å². The van der Waals surface area contributed by atoms with Crippen LogP contribution in [0, 0.1) is 6.92 Å². The van der Waals surface area contributed by atoms with Gasteiger partial charge in [-0.25, -0.2) is 0 Å². The highest BCUT2D eigenvalue weighted by Gasteiger charge is 2.13. The van der Waals surface area contributed by atoms with Crippen LogP contribution < -0.4 is 10.6 Å². The molecule has 19 heavy (non-hydrogen) atoms. The zero-order valence-electron chi connectivity index (χ0n) is 12.1. The number of para-hydroxylation sites is 2. The summed E-state index contributed by atoms with van der Waals surface area (Å²) in [6.07, 6.45) is 0. The molecule has 1 atom stereocenters. The fraction of sp³-hybridized carbons (Fsp3) is 0.294. The van der Waals surface area contributed by atoms with Gasteiger partial charge in [-0.1, -0.05) is 65.8 Å². The first kappa shape index (κ1) is 14.1. The molecule has 0 amide bonds. The predicted octanol–water partition coefficient (Wildman–Crippen LogP) is 4.84. The summed E-state index contributed by atoms with van der Waals surface area (Å²) in [5.74, 6) is 0. The minimum absolute atomic E-state index is 0.323. The van der Waals surface area contributed by atoms with Crippen molar-refractivity contribution in [1.29, 1.82) is 0 Å². The topological polar surface area (TPSA) is 12.0 Å². The highest BCUT2D eigenvalue weighted by atomic mass is 31.1. The van der Waals surface area contributed by atoms with Gasteiger partial charge in [-0.2, -0.15) is 0 Å². The van der Waals surface area contributed by atoms with Gasteiger partial charge in [-0.05, 0) is 35.1 Å². The number of anilines is 2. The Morgan fingerprint density at radius 2 is 1.42 bits per heavy atom. The number of hydrogen-bond donors (Lipinski definition) is 1. The lowest BCUT2D eigenvalue weighted by atomic mass is 10.2. The average Bonchev–Trinajstić information content (AvgIpc) is 2.33. The minimum Gasteiger partial charge on any atom is -0.355 e. The maximum atomic E-state index is 3.57. The molecule has 0 fully saturated rings. The second kappa shape index (κ2) is 5.75. The summed E-state index contributed by atoms with van der Waals surface area (Å²) in [6, 6.07) is 17.0. The molecule has 0 aliphatic rings. The molecule has 2 aromatic carbocycles. The maximum Gasteiger partial charge on any atom is 0.0459 e. The Bertz CT molecular complexity index is 555. The molecule has 0 radical (unpaired) electrons. The largest absolute Gasteiger partial charge is 0.355 e. The van der Waals surface area contributed by atoms with Gasteiger partial charge in [0.1, 0.15) is 0 Å². The van der Waals surface area contributed by atoms with Gasteiger partial charge in [0.15, 0.2) is 0 Å². The Hall–Kier alpha value is -1.33. The van der Waals surface area contributed by atoms with Gasteiger partial charge in [-0.3, -0.25) is 0 Å². The molecule has 0 aliphatic carbocycles. The quantitative estimate of drug-likeness (QED) is 0.787. The van der Waals surface area contributed by atoms with Crippen LogP contribution in [0.15, 0.2) is 48.5 Å². The Labute approximate surface area is 118 Å². The molecule has 2 aromatic rings. The normalized spacial score (nSPS) is 12.0. The monoisotopic (exact) mass is 271 g/mol. The summed E-state index contributed by atoms with van der Waals surface area (Å²) in [4.78, 5) is 0. The van der Waals surface area contributed by atoms with Crippen molar-refractivity contribution in [2.24, 2.45) is 0 Å². The minimum atomic E-state index is 0.323. The SMILES string of the molecule is Cc1ccccc1Nc1ccccc1PC(C)(C)C. The van der Waals surface area contributed by atoms with Gasteiger partial charge in [0, 0.05) is 11.4 Å². The fourth-order valence-corrected chi connectivity index (χ4v) is 3.23. The molecular weight excluding hydrogens is 249 g/mol. The average molecular weight is 271 g/mol. The Balaban J connectivity index is 2.28. The number of rotatable bonds is 3. The molecule has 1 N–H and O–H groups in total. The maximum absolute atomic E-state index is 3.57. The Kier molecular flexibility index (Phi) is 4.27. The van der Waals surface area contributed by atoms with Gasteiger partial charge in [0.2, 0.25) is 0 Å². The van der Waals surface area contributed by atoms with Gasteiger partial charge in [0.05, 0.1) is 0 Å². The molecule has 0 saturated carbocycles. The number of benzene rings is 2. The second-order valence-electron chi connectivity index (χ2n) is 5.86. The van der Waals surface area contributed by atoms with E-state index in [9.17, 15) is 0 Å². The van der Waals surface area contributed by atoms with Crippen molar-refractivity contribution >= 4 is 25.3 Å². The first-order valence-electron chi connectivity index (χ1n) is 6.65. The number of aryl methyl sites for hydroxylation is 1. The van der Waals surface area contributed by atoms with Crippen LogP contribution in [0.5, 0.6) is 0 Å². The lowest BCUT2D eigenvalue weighted by Gasteiger charge is -2.21. The third-order valence-electron chi connectivity index (χ3n) is 2.85. The zero-order valence-corrected chi connectivity index (χ0v) is 13.1. The Morgan fingerprint density at radius 1 is 0.842 bits per heavy atom. The molecular formula is C17H22NP. The van der Waals surface area contributed by atoms with E-state index in [1.807, 2.05) is 0 Å². The molecule has 0 aliphatic heterocycles. The van der Waals surface area contributed by atoms with Crippen LogP contribution in [0.4, 0.5) is 11.4 Å². The van der Waals surface area contributed by atoms with E-state index in [2.05, 4.69) is 81.5 Å². The van der Waals surface area contributed by atoms with Crippen molar-refractivity contribution < 1.29 is 0 Å².